The van der Waals surface area contributed by atoms with Crippen LogP contribution in [0.2, 0.25) is 0 Å². The molecule has 4 aromatic carbocycles. The SMILES string of the molecule is CCn1c2ccccc2c2cc(Nc3ccc4c5c(cc(=O)n4C)-c4ccccc4C(=O)c35)ccc21. The Morgan fingerprint density at radius 3 is 2.28 bits per heavy atom. The lowest BCUT2D eigenvalue weighted by atomic mass is 9.83. The van der Waals surface area contributed by atoms with Crippen molar-refractivity contribution in [3.8, 4) is 11.1 Å². The number of carbonyl (C=O) groups is 1. The van der Waals surface area contributed by atoms with Crippen molar-refractivity contribution in [3.05, 3.63) is 106 Å². The molecule has 0 amide bonds. The van der Waals surface area contributed by atoms with Crippen LogP contribution in [0.1, 0.15) is 22.8 Å². The summed E-state index contributed by atoms with van der Waals surface area (Å²) in [6.07, 6.45) is 0. The third kappa shape index (κ3) is 2.71. The first kappa shape index (κ1) is 20.7. The van der Waals surface area contributed by atoms with E-state index in [0.29, 0.717) is 11.1 Å². The van der Waals surface area contributed by atoms with Gasteiger partial charge < -0.3 is 14.5 Å². The standard InChI is InChI=1S/C31H23N3O2/c1-3-34-25-11-7-6-9-20(25)22-16-18(12-14-26(22)34)32-24-13-15-27-29-23(17-28(35)33(27)2)19-8-4-5-10-21(19)31(36)30(24)29/h4-17,32H,3H2,1-2H3. The van der Waals surface area contributed by atoms with Gasteiger partial charge in [0.2, 0.25) is 0 Å². The van der Waals surface area contributed by atoms with E-state index in [1.165, 1.54) is 21.8 Å². The molecule has 1 aliphatic rings. The Bertz CT molecular complexity index is 1960. The van der Waals surface area contributed by atoms with Crippen LogP contribution in [0.5, 0.6) is 0 Å². The van der Waals surface area contributed by atoms with Crippen LogP contribution in [-0.2, 0) is 13.6 Å². The minimum absolute atomic E-state index is 0.0338. The van der Waals surface area contributed by atoms with Gasteiger partial charge in [-0.3, -0.25) is 9.59 Å². The van der Waals surface area contributed by atoms with E-state index in [1.54, 1.807) is 17.7 Å². The highest BCUT2D eigenvalue weighted by Gasteiger charge is 2.29. The second kappa shape index (κ2) is 7.43. The van der Waals surface area contributed by atoms with Gasteiger partial charge in [0.15, 0.2) is 5.78 Å². The first-order valence-corrected chi connectivity index (χ1v) is 12.2. The van der Waals surface area contributed by atoms with Crippen LogP contribution >= 0.6 is 0 Å². The van der Waals surface area contributed by atoms with Crippen LogP contribution in [0.4, 0.5) is 11.4 Å². The van der Waals surface area contributed by atoms with Gasteiger partial charge in [-0.05, 0) is 54.4 Å². The summed E-state index contributed by atoms with van der Waals surface area (Å²) in [5.74, 6) is -0.0338. The summed E-state index contributed by atoms with van der Waals surface area (Å²) in [7, 11) is 1.75. The molecule has 6 aromatic rings. The van der Waals surface area contributed by atoms with Crippen molar-refractivity contribution in [2.24, 2.45) is 7.05 Å². The van der Waals surface area contributed by atoms with Gasteiger partial charge in [-0.2, -0.15) is 0 Å². The minimum Gasteiger partial charge on any atom is -0.355 e. The number of pyridine rings is 1. The van der Waals surface area contributed by atoms with Crippen molar-refractivity contribution in [2.75, 3.05) is 5.32 Å². The lowest BCUT2D eigenvalue weighted by Crippen LogP contribution is -2.21. The zero-order chi connectivity index (χ0) is 24.6. The maximum atomic E-state index is 13.8. The molecule has 2 aromatic heterocycles. The van der Waals surface area contributed by atoms with E-state index in [2.05, 4.69) is 59.3 Å². The van der Waals surface area contributed by atoms with Gasteiger partial charge in [0, 0.05) is 58.1 Å². The summed E-state index contributed by atoms with van der Waals surface area (Å²) in [6, 6.07) is 27.8. The number of aromatic nitrogens is 2. The monoisotopic (exact) mass is 469 g/mol. The van der Waals surface area contributed by atoms with Crippen molar-refractivity contribution in [3.63, 3.8) is 0 Å². The average molecular weight is 470 g/mol. The molecule has 0 unspecified atom stereocenters. The van der Waals surface area contributed by atoms with Crippen molar-refractivity contribution in [2.45, 2.75) is 13.5 Å². The van der Waals surface area contributed by atoms with Gasteiger partial charge in [-0.15, -0.1) is 0 Å². The summed E-state index contributed by atoms with van der Waals surface area (Å²) in [4.78, 5) is 26.5. The Morgan fingerprint density at radius 2 is 1.44 bits per heavy atom. The fourth-order valence-corrected chi connectivity index (χ4v) is 5.79. The van der Waals surface area contributed by atoms with Crippen LogP contribution in [-0.4, -0.2) is 14.9 Å². The van der Waals surface area contributed by atoms with Gasteiger partial charge in [-0.1, -0.05) is 42.5 Å². The van der Waals surface area contributed by atoms with E-state index in [1.807, 2.05) is 36.4 Å². The van der Waals surface area contributed by atoms with Crippen LogP contribution in [0.25, 0.3) is 43.8 Å². The molecule has 5 nitrogen and oxygen atoms in total. The van der Waals surface area contributed by atoms with Crippen LogP contribution < -0.4 is 10.9 Å². The molecule has 5 heteroatoms. The predicted octanol–water partition coefficient (Wildman–Crippen LogP) is 6.62. The number of aryl methyl sites for hydroxylation is 2. The minimum atomic E-state index is -0.0916. The second-order valence-electron chi connectivity index (χ2n) is 9.33. The van der Waals surface area contributed by atoms with Crippen LogP contribution in [0, 0.1) is 0 Å². The number of nitrogens with zero attached hydrogens (tertiary/aromatic N) is 2. The molecule has 0 saturated heterocycles. The fraction of sp³-hybridized carbons (Fsp3) is 0.0968. The maximum Gasteiger partial charge on any atom is 0.251 e. The van der Waals surface area contributed by atoms with E-state index in [9.17, 15) is 9.59 Å². The molecule has 0 aliphatic heterocycles. The molecule has 1 N–H and O–H groups in total. The molecule has 0 radical (unpaired) electrons. The zero-order valence-electron chi connectivity index (χ0n) is 20.0. The Morgan fingerprint density at radius 1 is 0.722 bits per heavy atom. The number of para-hydroxylation sites is 1. The molecule has 7 rings (SSSR count). The molecule has 36 heavy (non-hydrogen) atoms. The average Bonchev–Trinajstić information content (AvgIpc) is 3.23. The third-order valence-corrected chi connectivity index (χ3v) is 7.47. The van der Waals surface area contributed by atoms with Gasteiger partial charge in [0.1, 0.15) is 0 Å². The topological polar surface area (TPSA) is 56.0 Å². The zero-order valence-corrected chi connectivity index (χ0v) is 20.0. The van der Waals surface area contributed by atoms with Gasteiger partial charge in [-0.25, -0.2) is 0 Å². The number of nitrogens with one attached hydrogen (secondary N) is 1. The lowest BCUT2D eigenvalue weighted by molar-refractivity contribution is 0.104. The number of hydrogen-bond acceptors (Lipinski definition) is 3. The Balaban J connectivity index is 1.46. The maximum absolute atomic E-state index is 13.8. The largest absolute Gasteiger partial charge is 0.355 e. The van der Waals surface area contributed by atoms with Crippen LogP contribution in [0.15, 0.2) is 89.7 Å². The number of benzene rings is 4. The normalized spacial score (nSPS) is 12.4. The molecule has 174 valence electrons. The highest BCUT2D eigenvalue weighted by Crippen LogP contribution is 2.42. The van der Waals surface area contributed by atoms with E-state index >= 15 is 0 Å². The van der Waals surface area contributed by atoms with Crippen molar-refractivity contribution in [1.82, 2.24) is 9.13 Å². The van der Waals surface area contributed by atoms with E-state index in [4.69, 9.17) is 0 Å². The fourth-order valence-electron chi connectivity index (χ4n) is 5.79. The molecule has 0 atom stereocenters. The Hall–Kier alpha value is -4.64. The number of rotatable bonds is 3. The molecule has 1 aliphatic carbocycles. The number of fused-ring (bicyclic) bond motifs is 5. The molecule has 0 fully saturated rings. The number of anilines is 2. The first-order chi connectivity index (χ1) is 17.6. The number of carbonyl (C=O) groups excluding carboxylic acids is 1. The van der Waals surface area contributed by atoms with Gasteiger partial charge in [0.05, 0.1) is 16.8 Å². The molecule has 0 saturated carbocycles. The molecular formula is C31H23N3O2. The molecule has 2 heterocycles. The van der Waals surface area contributed by atoms with Crippen molar-refractivity contribution >= 4 is 49.9 Å². The smallest absolute Gasteiger partial charge is 0.251 e. The highest BCUT2D eigenvalue weighted by molar-refractivity contribution is 6.28. The Kier molecular flexibility index (Phi) is 4.27. The molecule has 0 spiro atoms. The quantitative estimate of drug-likeness (QED) is 0.316. The van der Waals surface area contributed by atoms with Crippen molar-refractivity contribution in [1.29, 1.82) is 0 Å². The molecular weight excluding hydrogens is 446 g/mol. The summed E-state index contributed by atoms with van der Waals surface area (Å²) < 4.78 is 3.93. The summed E-state index contributed by atoms with van der Waals surface area (Å²) >= 11 is 0. The highest BCUT2D eigenvalue weighted by atomic mass is 16.1. The van der Waals surface area contributed by atoms with Gasteiger partial charge in [0.25, 0.3) is 5.56 Å². The number of ketones is 1. The van der Waals surface area contributed by atoms with E-state index < -0.39 is 0 Å². The predicted molar refractivity (Wildman–Crippen MR) is 146 cm³/mol. The van der Waals surface area contributed by atoms with E-state index in [-0.39, 0.29) is 11.3 Å². The Labute approximate surface area is 207 Å². The van der Waals surface area contributed by atoms with E-state index in [0.717, 1.165) is 39.9 Å². The second-order valence-corrected chi connectivity index (χ2v) is 9.33. The third-order valence-electron chi connectivity index (χ3n) is 7.47. The van der Waals surface area contributed by atoms with Gasteiger partial charge >= 0.3 is 0 Å². The van der Waals surface area contributed by atoms with Crippen molar-refractivity contribution < 1.29 is 4.79 Å². The summed E-state index contributed by atoms with van der Waals surface area (Å²) in [5.41, 5.74) is 7.55. The summed E-state index contributed by atoms with van der Waals surface area (Å²) in [6.45, 7) is 3.05. The first-order valence-electron chi connectivity index (χ1n) is 12.2. The number of hydrogen-bond donors (Lipinski definition) is 1. The van der Waals surface area contributed by atoms with Crippen LogP contribution in [0.3, 0.4) is 0 Å². The summed E-state index contributed by atoms with van der Waals surface area (Å²) in [5, 5.41) is 6.73. The lowest BCUT2D eigenvalue weighted by Gasteiger charge is -2.23. The molecule has 0 bridgehead atoms.